The monoisotopic (exact) mass is 242 g/mol. The van der Waals surface area contributed by atoms with Gasteiger partial charge in [0, 0.05) is 0 Å². The lowest BCUT2D eigenvalue weighted by Gasteiger charge is -2.13. The first kappa shape index (κ1) is 9.80. The molecule has 0 N–H and O–H groups in total. The molecule has 2 aromatic carbocycles. The third-order valence-corrected chi connectivity index (χ3v) is 4.70. The van der Waals surface area contributed by atoms with Crippen LogP contribution < -0.4 is 10.4 Å². The van der Waals surface area contributed by atoms with Crippen molar-refractivity contribution >= 4 is 35.1 Å². The van der Waals surface area contributed by atoms with Gasteiger partial charge < -0.3 is 0 Å². The van der Waals surface area contributed by atoms with Crippen molar-refractivity contribution in [1.82, 2.24) is 0 Å². The van der Waals surface area contributed by atoms with Gasteiger partial charge in [0.05, 0.1) is 0 Å². The Kier molecular flexibility index (Phi) is 1.69. The van der Waals surface area contributed by atoms with Crippen molar-refractivity contribution in [2.45, 2.75) is 19.3 Å². The van der Waals surface area contributed by atoms with E-state index in [0.717, 1.165) is 19.3 Å². The summed E-state index contributed by atoms with van der Waals surface area (Å²) in [5, 5.41) is 5.76. The summed E-state index contributed by atoms with van der Waals surface area (Å²) in [6.07, 6.45) is 17.2. The van der Waals surface area contributed by atoms with E-state index in [1.165, 1.54) is 37.9 Å². The van der Waals surface area contributed by atoms with E-state index in [-0.39, 0.29) is 0 Å². The average Bonchev–Trinajstić information content (AvgIpc) is 3.15. The highest BCUT2D eigenvalue weighted by Gasteiger charge is 2.20. The van der Waals surface area contributed by atoms with Crippen LogP contribution in [-0.2, 0) is 12.8 Å². The zero-order valence-electron chi connectivity index (χ0n) is 10.7. The summed E-state index contributed by atoms with van der Waals surface area (Å²) in [6.45, 7) is 0. The highest BCUT2D eigenvalue weighted by Crippen LogP contribution is 2.37. The van der Waals surface area contributed by atoms with E-state index < -0.39 is 0 Å². The van der Waals surface area contributed by atoms with Crippen LogP contribution in [0.1, 0.15) is 28.7 Å². The molecule has 0 heteroatoms. The van der Waals surface area contributed by atoms with Crippen molar-refractivity contribution in [2.75, 3.05) is 0 Å². The van der Waals surface area contributed by atoms with Gasteiger partial charge in [-0.1, -0.05) is 36.5 Å². The van der Waals surface area contributed by atoms with Gasteiger partial charge in [-0.3, -0.25) is 0 Å². The van der Waals surface area contributed by atoms with Gasteiger partial charge in [-0.15, -0.1) is 0 Å². The molecule has 0 heterocycles. The minimum absolute atomic E-state index is 1.09. The molecular weight excluding hydrogens is 228 g/mol. The molecule has 0 unspecified atom stereocenters. The van der Waals surface area contributed by atoms with Crippen molar-refractivity contribution in [1.29, 1.82) is 0 Å². The lowest BCUT2D eigenvalue weighted by Crippen LogP contribution is -2.21. The van der Waals surface area contributed by atoms with Gasteiger partial charge >= 0.3 is 0 Å². The first-order valence-electron chi connectivity index (χ1n) is 7.07. The van der Waals surface area contributed by atoms with Crippen molar-refractivity contribution in [2.24, 2.45) is 0 Å². The molecule has 3 aliphatic rings. The second-order valence-corrected chi connectivity index (χ2v) is 5.67. The topological polar surface area (TPSA) is 0 Å². The van der Waals surface area contributed by atoms with E-state index in [0.29, 0.717) is 0 Å². The minimum atomic E-state index is 1.09. The number of benzene rings is 2. The standard InChI is InChI=1S/C19H14/c1-4-12-10-18-16-8-2-6-14(16)15-7-3-9-17(15)19(18)11-13(12)5-1/h2-6,9-11H,1,7-8H2. The van der Waals surface area contributed by atoms with E-state index in [1.807, 2.05) is 0 Å². The Labute approximate surface area is 112 Å². The highest BCUT2D eigenvalue weighted by molar-refractivity contribution is 6.00. The van der Waals surface area contributed by atoms with Gasteiger partial charge in [0.25, 0.3) is 0 Å². The second kappa shape index (κ2) is 3.27. The second-order valence-electron chi connectivity index (χ2n) is 5.67. The predicted molar refractivity (Wildman–Crippen MR) is 82.2 cm³/mol. The summed E-state index contributed by atoms with van der Waals surface area (Å²) in [5.74, 6) is 0. The highest BCUT2D eigenvalue weighted by atomic mass is 14.2. The smallest absolute Gasteiger partial charge is 0.00819 e. The Morgan fingerprint density at radius 3 is 2.21 bits per heavy atom. The van der Waals surface area contributed by atoms with Crippen LogP contribution in [-0.4, -0.2) is 0 Å². The molecule has 0 aromatic heterocycles. The molecule has 19 heavy (non-hydrogen) atoms. The SMILES string of the molecule is C1=Cc2c(c3c(c4cc5c(cc24)=CCC=5)CC=C3)C1. The Balaban J connectivity index is 2.08. The molecule has 2 aromatic rings. The summed E-state index contributed by atoms with van der Waals surface area (Å²) < 4.78 is 0. The molecule has 0 bridgehead atoms. The lowest BCUT2D eigenvalue weighted by molar-refractivity contribution is 1.26. The van der Waals surface area contributed by atoms with Gasteiger partial charge in [0.2, 0.25) is 0 Å². The molecule has 5 rings (SSSR count). The maximum atomic E-state index is 2.41. The van der Waals surface area contributed by atoms with Crippen LogP contribution in [0.3, 0.4) is 0 Å². The van der Waals surface area contributed by atoms with Crippen molar-refractivity contribution in [3.05, 3.63) is 57.0 Å². The fourth-order valence-corrected chi connectivity index (χ4v) is 3.83. The third-order valence-electron chi connectivity index (χ3n) is 4.70. The molecule has 0 saturated heterocycles. The number of allylic oxidation sites excluding steroid dienone is 2. The van der Waals surface area contributed by atoms with Gasteiger partial charge in [-0.25, -0.2) is 0 Å². The molecular formula is C19H14. The fraction of sp³-hybridized carbons (Fsp3) is 0.158. The van der Waals surface area contributed by atoms with Crippen LogP contribution in [0.2, 0.25) is 0 Å². The molecule has 0 spiro atoms. The van der Waals surface area contributed by atoms with Crippen LogP contribution in [0.4, 0.5) is 0 Å². The number of rotatable bonds is 0. The Bertz CT molecular complexity index is 921. The molecule has 0 fully saturated rings. The summed E-state index contributed by atoms with van der Waals surface area (Å²) in [7, 11) is 0. The first-order valence-corrected chi connectivity index (χ1v) is 7.07. The zero-order chi connectivity index (χ0) is 12.4. The lowest BCUT2D eigenvalue weighted by atomic mass is 9.91. The average molecular weight is 242 g/mol. The fourth-order valence-electron chi connectivity index (χ4n) is 3.83. The van der Waals surface area contributed by atoms with E-state index in [2.05, 4.69) is 48.6 Å². The molecule has 0 aliphatic heterocycles. The van der Waals surface area contributed by atoms with Crippen LogP contribution in [0.15, 0.2) is 24.3 Å². The molecule has 0 saturated carbocycles. The molecule has 90 valence electrons. The number of hydrogen-bond donors (Lipinski definition) is 0. The maximum absolute atomic E-state index is 2.41. The Morgan fingerprint density at radius 1 is 0.684 bits per heavy atom. The maximum Gasteiger partial charge on any atom is -0.00819 e. The van der Waals surface area contributed by atoms with E-state index >= 15 is 0 Å². The summed E-state index contributed by atoms with van der Waals surface area (Å²) in [6, 6.07) is 4.81. The van der Waals surface area contributed by atoms with Crippen LogP contribution in [0.5, 0.6) is 0 Å². The molecule has 0 amide bonds. The summed E-state index contributed by atoms with van der Waals surface area (Å²) in [5.41, 5.74) is 6.04. The van der Waals surface area contributed by atoms with E-state index in [9.17, 15) is 0 Å². The van der Waals surface area contributed by atoms with Crippen LogP contribution in [0.25, 0.3) is 35.1 Å². The van der Waals surface area contributed by atoms with Gasteiger partial charge in [-0.2, -0.15) is 0 Å². The van der Waals surface area contributed by atoms with Crippen LogP contribution in [0, 0.1) is 0 Å². The summed E-state index contributed by atoms with van der Waals surface area (Å²) in [4.78, 5) is 0. The van der Waals surface area contributed by atoms with Crippen LogP contribution >= 0.6 is 0 Å². The van der Waals surface area contributed by atoms with Gasteiger partial charge in [-0.05, 0) is 74.9 Å². The van der Waals surface area contributed by atoms with Gasteiger partial charge in [0.15, 0.2) is 0 Å². The van der Waals surface area contributed by atoms with Gasteiger partial charge in [0.1, 0.15) is 0 Å². The quantitative estimate of drug-likeness (QED) is 0.666. The number of fused-ring (bicyclic) bond motifs is 7. The molecule has 0 atom stereocenters. The van der Waals surface area contributed by atoms with Crippen molar-refractivity contribution < 1.29 is 0 Å². The van der Waals surface area contributed by atoms with Crippen molar-refractivity contribution in [3.8, 4) is 0 Å². The third kappa shape index (κ3) is 1.14. The molecule has 0 radical (unpaired) electrons. The molecule has 0 nitrogen and oxygen atoms in total. The number of hydrogen-bond acceptors (Lipinski definition) is 0. The largest absolute Gasteiger partial charge is 0.0795 e. The minimum Gasteiger partial charge on any atom is -0.0795 e. The normalized spacial score (nSPS) is 17.3. The Morgan fingerprint density at radius 2 is 1.37 bits per heavy atom. The van der Waals surface area contributed by atoms with E-state index in [4.69, 9.17) is 0 Å². The first-order chi connectivity index (χ1) is 9.42. The van der Waals surface area contributed by atoms with E-state index in [1.54, 1.807) is 5.56 Å². The summed E-state index contributed by atoms with van der Waals surface area (Å²) >= 11 is 0. The predicted octanol–water partition coefficient (Wildman–Crippen LogP) is 2.94. The van der Waals surface area contributed by atoms with Crippen molar-refractivity contribution in [3.63, 3.8) is 0 Å². The molecule has 3 aliphatic carbocycles. The Hall–Kier alpha value is -2.08. The zero-order valence-corrected chi connectivity index (χ0v) is 10.7.